The molecule has 2 amide bonds. The monoisotopic (exact) mass is 162 g/mol. The molecule has 2 aliphatic rings. The van der Waals surface area contributed by atoms with Crippen molar-refractivity contribution in [1.29, 1.82) is 0 Å². The summed E-state index contributed by atoms with van der Waals surface area (Å²) in [5.41, 5.74) is 6.02. The summed E-state index contributed by atoms with van der Waals surface area (Å²) in [7, 11) is 0. The molecule has 2 N–H and O–H groups in total. The molecule has 0 spiro atoms. The van der Waals surface area contributed by atoms with Crippen LogP contribution >= 0.6 is 0 Å². The number of quaternary nitrogens is 1. The van der Waals surface area contributed by atoms with Gasteiger partial charge in [-0.05, 0) is 6.08 Å². The number of nitrogens with two attached hydrogens (primary N) is 1. The Kier molecular flexibility index (Phi) is 1.25. The first-order valence-corrected chi connectivity index (χ1v) is 3.57. The van der Waals surface area contributed by atoms with Gasteiger partial charge in [0, 0.05) is 12.2 Å². The van der Waals surface area contributed by atoms with Gasteiger partial charge in [-0.15, -0.1) is 0 Å². The summed E-state index contributed by atoms with van der Waals surface area (Å²) >= 11 is 0. The number of urea groups is 1. The minimum absolute atomic E-state index is 0.226. The smallest absolute Gasteiger partial charge is 0.316 e. The molecule has 0 saturated heterocycles. The molecule has 0 bridgehead atoms. The fraction of sp³-hybridized carbons (Fsp3) is 0. The molecule has 2 heterocycles. The van der Waals surface area contributed by atoms with E-state index in [4.69, 9.17) is 5.73 Å². The molecule has 0 aromatic heterocycles. The van der Waals surface area contributed by atoms with Crippen LogP contribution in [0.5, 0.6) is 0 Å². The molecular formula is C8H8N3O+. The summed E-state index contributed by atoms with van der Waals surface area (Å²) in [6, 6.07) is -0.490. The molecule has 2 rings (SSSR count). The van der Waals surface area contributed by atoms with E-state index in [-0.39, 0.29) is 4.59 Å². The summed E-state index contributed by atoms with van der Waals surface area (Å²) in [6.45, 7) is 0. The van der Waals surface area contributed by atoms with Gasteiger partial charge in [0.2, 0.25) is 0 Å². The van der Waals surface area contributed by atoms with Gasteiger partial charge in [0.1, 0.15) is 6.20 Å². The summed E-state index contributed by atoms with van der Waals surface area (Å²) in [4.78, 5) is 11.1. The second-order valence-corrected chi connectivity index (χ2v) is 2.58. The quantitative estimate of drug-likeness (QED) is 0.527. The van der Waals surface area contributed by atoms with Crippen molar-refractivity contribution in [1.82, 2.24) is 0 Å². The molecule has 0 aromatic rings. The maximum atomic E-state index is 11.1. The third-order valence-electron chi connectivity index (χ3n) is 1.90. The normalized spacial score (nSPS) is 30.2. The van der Waals surface area contributed by atoms with Gasteiger partial charge in [-0.1, -0.05) is 15.8 Å². The Balaban J connectivity index is 2.54. The molecule has 1 unspecified atom stereocenters. The van der Waals surface area contributed by atoms with E-state index in [1.807, 2.05) is 12.2 Å². The van der Waals surface area contributed by atoms with Gasteiger partial charge in [0.25, 0.3) is 0 Å². The number of carbonyl (C=O) groups excluding carboxylic acids is 1. The van der Waals surface area contributed by atoms with E-state index in [1.165, 1.54) is 0 Å². The van der Waals surface area contributed by atoms with Gasteiger partial charge >= 0.3 is 6.03 Å². The Morgan fingerprint density at radius 3 is 3.00 bits per heavy atom. The van der Waals surface area contributed by atoms with Gasteiger partial charge in [-0.3, -0.25) is 0 Å². The number of carbonyl (C=O) groups is 1. The number of rotatable bonds is 0. The number of amides is 2. The van der Waals surface area contributed by atoms with Crippen LogP contribution in [0.1, 0.15) is 0 Å². The van der Waals surface area contributed by atoms with Crippen molar-refractivity contribution in [3.8, 4) is 0 Å². The second kappa shape index (κ2) is 2.15. The molecule has 0 aliphatic carbocycles. The van der Waals surface area contributed by atoms with Gasteiger partial charge in [-0.25, -0.2) is 4.79 Å². The minimum atomic E-state index is -0.490. The largest absolute Gasteiger partial charge is 0.450 e. The predicted octanol–water partition coefficient (Wildman–Crippen LogP) is 0.849. The van der Waals surface area contributed by atoms with Crippen LogP contribution in [-0.4, -0.2) is 16.8 Å². The standard InChI is InChI=1S/C8H7N3O/c9-8(12)11-6-2-1-3-7(11)4-5-10-11/h1-6H,(H-,9,12)/p+1. The van der Waals surface area contributed by atoms with E-state index in [0.717, 1.165) is 5.70 Å². The Morgan fingerprint density at radius 2 is 2.33 bits per heavy atom. The SMILES string of the molecule is NC(=O)[N+]12C=CC=CC1=CC=N2. The molecule has 0 radical (unpaired) electrons. The van der Waals surface area contributed by atoms with Crippen LogP contribution in [0, 0.1) is 0 Å². The average molecular weight is 162 g/mol. The summed E-state index contributed by atoms with van der Waals surface area (Å²) < 4.78 is -0.226. The zero-order valence-electron chi connectivity index (χ0n) is 6.34. The average Bonchev–Trinajstić information content (AvgIpc) is 2.48. The molecule has 4 heteroatoms. The molecular weight excluding hydrogens is 154 g/mol. The Morgan fingerprint density at radius 1 is 1.50 bits per heavy atom. The fourth-order valence-electron chi connectivity index (χ4n) is 1.27. The number of allylic oxidation sites excluding steroid dienone is 4. The van der Waals surface area contributed by atoms with Gasteiger partial charge in [-0.2, -0.15) is 0 Å². The Labute approximate surface area is 69.6 Å². The van der Waals surface area contributed by atoms with Crippen LogP contribution in [0.15, 0.2) is 41.3 Å². The third-order valence-corrected chi connectivity index (χ3v) is 1.90. The number of hydrogen-bond donors (Lipinski definition) is 1. The zero-order chi connectivity index (χ0) is 8.60. The topological polar surface area (TPSA) is 55.5 Å². The van der Waals surface area contributed by atoms with Gasteiger partial charge in [0.15, 0.2) is 5.70 Å². The van der Waals surface area contributed by atoms with Crippen molar-refractivity contribution < 1.29 is 9.39 Å². The Hall–Kier alpha value is -1.68. The predicted molar refractivity (Wildman–Crippen MR) is 44.7 cm³/mol. The number of nitrogens with zero attached hydrogens (tertiary/aromatic N) is 2. The lowest BCUT2D eigenvalue weighted by atomic mass is 10.2. The molecule has 0 fully saturated rings. The maximum Gasteiger partial charge on any atom is 0.450 e. The van der Waals surface area contributed by atoms with Crippen LogP contribution in [0.2, 0.25) is 0 Å². The van der Waals surface area contributed by atoms with Gasteiger partial charge < -0.3 is 5.73 Å². The van der Waals surface area contributed by atoms with Crippen LogP contribution < -0.4 is 5.73 Å². The molecule has 2 aliphatic heterocycles. The first-order valence-electron chi connectivity index (χ1n) is 3.57. The van der Waals surface area contributed by atoms with Crippen molar-refractivity contribution in [3.05, 3.63) is 36.2 Å². The lowest BCUT2D eigenvalue weighted by Crippen LogP contribution is -2.44. The summed E-state index contributed by atoms with van der Waals surface area (Å²) in [5, 5.41) is 4.00. The summed E-state index contributed by atoms with van der Waals surface area (Å²) in [5.74, 6) is 0. The first-order chi connectivity index (χ1) is 5.76. The Bertz CT molecular complexity index is 351. The van der Waals surface area contributed by atoms with E-state index < -0.39 is 6.03 Å². The molecule has 1 atom stereocenters. The van der Waals surface area contributed by atoms with E-state index in [1.54, 1.807) is 24.6 Å². The molecule has 60 valence electrons. The summed E-state index contributed by atoms with van der Waals surface area (Å²) in [6.07, 6.45) is 10.4. The van der Waals surface area contributed by atoms with E-state index >= 15 is 0 Å². The van der Waals surface area contributed by atoms with Crippen molar-refractivity contribution in [2.45, 2.75) is 0 Å². The van der Waals surface area contributed by atoms with Crippen molar-refractivity contribution in [2.75, 3.05) is 0 Å². The highest BCUT2D eigenvalue weighted by atomic mass is 16.2. The number of hydrogen-bond acceptors (Lipinski definition) is 2. The molecule has 12 heavy (non-hydrogen) atoms. The van der Waals surface area contributed by atoms with E-state index in [0.29, 0.717) is 0 Å². The van der Waals surface area contributed by atoms with Crippen LogP contribution in [0.25, 0.3) is 0 Å². The van der Waals surface area contributed by atoms with Crippen molar-refractivity contribution >= 4 is 12.2 Å². The zero-order valence-corrected chi connectivity index (χ0v) is 6.34. The van der Waals surface area contributed by atoms with Crippen molar-refractivity contribution in [3.63, 3.8) is 0 Å². The van der Waals surface area contributed by atoms with Crippen molar-refractivity contribution in [2.24, 2.45) is 10.8 Å². The van der Waals surface area contributed by atoms with Gasteiger partial charge in [0.05, 0.1) is 6.21 Å². The molecule has 0 saturated carbocycles. The lowest BCUT2D eigenvalue weighted by molar-refractivity contribution is -0.757. The third kappa shape index (κ3) is 0.695. The molecule has 0 aromatic carbocycles. The second-order valence-electron chi connectivity index (χ2n) is 2.58. The molecule has 4 nitrogen and oxygen atoms in total. The van der Waals surface area contributed by atoms with Crippen LogP contribution in [-0.2, 0) is 0 Å². The minimum Gasteiger partial charge on any atom is -0.316 e. The highest BCUT2D eigenvalue weighted by molar-refractivity contribution is 5.78. The number of primary amides is 1. The van der Waals surface area contributed by atoms with E-state index in [2.05, 4.69) is 5.10 Å². The first kappa shape index (κ1) is 7.00. The van der Waals surface area contributed by atoms with Crippen LogP contribution in [0.4, 0.5) is 4.79 Å². The van der Waals surface area contributed by atoms with Crippen LogP contribution in [0.3, 0.4) is 0 Å². The lowest BCUT2D eigenvalue weighted by Gasteiger charge is -2.21. The highest BCUT2D eigenvalue weighted by Gasteiger charge is 2.40. The number of fused-ring (bicyclic) bond motifs is 1. The fourth-order valence-corrected chi connectivity index (χ4v) is 1.27. The maximum absolute atomic E-state index is 11.1. The highest BCUT2D eigenvalue weighted by Crippen LogP contribution is 2.27. The van der Waals surface area contributed by atoms with E-state index in [9.17, 15) is 4.79 Å².